The van der Waals surface area contributed by atoms with Crippen LogP contribution < -0.4 is 19.5 Å². The number of likely N-dealkylation sites (tertiary alicyclic amines) is 1. The normalized spacial score (nSPS) is 19.4. The van der Waals surface area contributed by atoms with Gasteiger partial charge in [0, 0.05) is 23.2 Å². The van der Waals surface area contributed by atoms with Gasteiger partial charge in [0.05, 0.1) is 46.1 Å². The van der Waals surface area contributed by atoms with Crippen LogP contribution in [0.4, 0.5) is 0 Å². The smallest absolute Gasteiger partial charge is 0.242 e. The number of fused-ring (bicyclic) bond motifs is 3. The first kappa shape index (κ1) is 33.0. The predicted octanol–water partition coefficient (Wildman–Crippen LogP) is 6.73. The summed E-state index contributed by atoms with van der Waals surface area (Å²) in [5.74, 6) is 2.03. The number of methoxy groups -OCH3 is 2. The van der Waals surface area contributed by atoms with E-state index in [0.717, 1.165) is 27.8 Å². The van der Waals surface area contributed by atoms with E-state index in [0.29, 0.717) is 50.2 Å². The average molecular weight is 633 g/mol. The molecule has 5 rings (SSSR count). The Hall–Kier alpha value is -3.37. The van der Waals surface area contributed by atoms with Gasteiger partial charge >= 0.3 is 0 Å². The molecule has 0 aliphatic carbocycles. The van der Waals surface area contributed by atoms with E-state index in [9.17, 15) is 4.79 Å². The maximum atomic E-state index is 13.7. The Morgan fingerprint density at radius 1 is 0.844 bits per heavy atom. The molecule has 0 saturated carbocycles. The highest BCUT2D eigenvalue weighted by molar-refractivity contribution is 6.74. The molecule has 0 radical (unpaired) electrons. The first-order chi connectivity index (χ1) is 21.5. The molecule has 242 valence electrons. The number of hydrogen-bond donors (Lipinski definition) is 1. The summed E-state index contributed by atoms with van der Waals surface area (Å²) in [4.78, 5) is 15.6. The van der Waals surface area contributed by atoms with Gasteiger partial charge in [-0.1, -0.05) is 81.4 Å². The summed E-state index contributed by atoms with van der Waals surface area (Å²) in [5.41, 5.74) is 4.82. The molecule has 2 aliphatic heterocycles. The molecule has 9 heteroatoms. The van der Waals surface area contributed by atoms with Crippen molar-refractivity contribution in [2.45, 2.75) is 77.2 Å². The molecule has 1 amide bonds. The second-order valence-corrected chi connectivity index (χ2v) is 18.2. The van der Waals surface area contributed by atoms with Crippen molar-refractivity contribution in [3.8, 4) is 17.2 Å². The number of nitrogens with zero attached hydrogens (tertiary/aromatic N) is 1. The van der Waals surface area contributed by atoms with Gasteiger partial charge in [0.25, 0.3) is 0 Å². The predicted molar refractivity (Wildman–Crippen MR) is 178 cm³/mol. The first-order valence-corrected chi connectivity index (χ1v) is 18.7. The van der Waals surface area contributed by atoms with Crippen LogP contribution in [0.25, 0.3) is 0 Å². The zero-order valence-electron chi connectivity index (χ0n) is 27.9. The molecule has 0 unspecified atom stereocenters. The van der Waals surface area contributed by atoms with E-state index < -0.39 is 14.4 Å². The van der Waals surface area contributed by atoms with E-state index in [-0.39, 0.29) is 23.0 Å². The number of amides is 1. The largest absolute Gasteiger partial charge is 0.496 e. The number of ether oxygens (including phenoxy) is 4. The minimum atomic E-state index is -1.97. The fraction of sp³-hybridized carbons (Fsp3) is 0.472. The van der Waals surface area contributed by atoms with Gasteiger partial charge in [-0.25, -0.2) is 0 Å². The van der Waals surface area contributed by atoms with Crippen LogP contribution in [0.15, 0.2) is 60.7 Å². The van der Waals surface area contributed by atoms with Crippen LogP contribution in [0.1, 0.15) is 60.7 Å². The number of carbonyl (C=O) groups excluding carboxylic acids is 1. The highest BCUT2D eigenvalue weighted by Gasteiger charge is 2.55. The number of hydrogen-bond acceptors (Lipinski definition) is 7. The summed E-state index contributed by atoms with van der Waals surface area (Å²) in [7, 11) is 1.36. The summed E-state index contributed by atoms with van der Waals surface area (Å²) in [6.45, 7) is 15.3. The number of rotatable bonds is 13. The van der Waals surface area contributed by atoms with E-state index >= 15 is 0 Å². The van der Waals surface area contributed by atoms with Crippen molar-refractivity contribution < 1.29 is 28.2 Å². The quantitative estimate of drug-likeness (QED) is 0.165. The van der Waals surface area contributed by atoms with Gasteiger partial charge < -0.3 is 28.3 Å². The molecule has 3 aromatic carbocycles. The van der Waals surface area contributed by atoms with Gasteiger partial charge in [-0.05, 0) is 36.2 Å². The van der Waals surface area contributed by atoms with Crippen molar-refractivity contribution in [1.82, 2.24) is 10.2 Å². The molecular weight excluding hydrogens is 584 g/mol. The molecule has 45 heavy (non-hydrogen) atoms. The fourth-order valence-electron chi connectivity index (χ4n) is 6.06. The Labute approximate surface area is 269 Å². The monoisotopic (exact) mass is 632 g/mol. The van der Waals surface area contributed by atoms with Crippen molar-refractivity contribution >= 4 is 14.2 Å². The number of benzene rings is 3. The molecule has 2 heterocycles. The summed E-state index contributed by atoms with van der Waals surface area (Å²) in [6, 6.07) is 19.2. The SMILES string of the molecule is COc1c(C)c(OC)c2c(c1OCc1ccccc1)[C@H](COCc1ccccc1)N[C@@H]1C(=O)N(CCO[Si](C)(C)C(C)(C)C)[C@H]21. The van der Waals surface area contributed by atoms with Crippen molar-refractivity contribution in [3.05, 3.63) is 88.5 Å². The molecule has 1 fully saturated rings. The Kier molecular flexibility index (Phi) is 9.93. The second kappa shape index (κ2) is 13.5. The van der Waals surface area contributed by atoms with Gasteiger partial charge in [-0.15, -0.1) is 0 Å². The minimum Gasteiger partial charge on any atom is -0.496 e. The molecule has 3 atom stereocenters. The van der Waals surface area contributed by atoms with E-state index in [1.54, 1.807) is 14.2 Å². The third-order valence-corrected chi connectivity index (χ3v) is 14.1. The van der Waals surface area contributed by atoms with Gasteiger partial charge in [-0.2, -0.15) is 0 Å². The number of β-lactam (4-membered cyclic amide) rings is 1. The average Bonchev–Trinajstić information content (AvgIpc) is 3.02. The van der Waals surface area contributed by atoms with Crippen LogP contribution in [0, 0.1) is 6.92 Å². The molecule has 1 N–H and O–H groups in total. The molecule has 0 bridgehead atoms. The van der Waals surface area contributed by atoms with Crippen molar-refractivity contribution in [1.29, 1.82) is 0 Å². The van der Waals surface area contributed by atoms with Gasteiger partial charge in [-0.3, -0.25) is 10.1 Å². The maximum Gasteiger partial charge on any atom is 0.242 e. The third-order valence-electron chi connectivity index (χ3n) is 9.52. The lowest BCUT2D eigenvalue weighted by Crippen LogP contribution is -2.68. The van der Waals surface area contributed by atoms with E-state index in [1.807, 2.05) is 72.5 Å². The maximum absolute atomic E-state index is 13.7. The van der Waals surface area contributed by atoms with Crippen molar-refractivity contribution in [2.24, 2.45) is 0 Å². The molecule has 3 aromatic rings. The van der Waals surface area contributed by atoms with Crippen LogP contribution >= 0.6 is 0 Å². The van der Waals surface area contributed by atoms with Crippen LogP contribution in [0.2, 0.25) is 18.1 Å². The van der Waals surface area contributed by atoms with Crippen LogP contribution in [-0.2, 0) is 27.2 Å². The van der Waals surface area contributed by atoms with E-state index in [1.165, 1.54) is 0 Å². The Morgan fingerprint density at radius 3 is 2.02 bits per heavy atom. The first-order valence-electron chi connectivity index (χ1n) is 15.8. The van der Waals surface area contributed by atoms with Crippen molar-refractivity contribution in [3.63, 3.8) is 0 Å². The molecule has 0 spiro atoms. The lowest BCUT2D eigenvalue weighted by atomic mass is 9.77. The number of carbonyl (C=O) groups is 1. The molecule has 1 saturated heterocycles. The van der Waals surface area contributed by atoms with Gasteiger partial charge in [0.2, 0.25) is 5.91 Å². The van der Waals surface area contributed by atoms with Crippen LogP contribution in [0.3, 0.4) is 0 Å². The van der Waals surface area contributed by atoms with E-state index in [2.05, 4.69) is 39.2 Å². The topological polar surface area (TPSA) is 78.5 Å². The molecular formula is C36H48N2O6Si. The zero-order chi connectivity index (χ0) is 32.4. The number of nitrogens with one attached hydrogen (secondary N) is 1. The van der Waals surface area contributed by atoms with Gasteiger partial charge in [0.1, 0.15) is 18.4 Å². The second-order valence-electron chi connectivity index (χ2n) is 13.4. The summed E-state index contributed by atoms with van der Waals surface area (Å²) >= 11 is 0. The standard InChI is InChI=1S/C36H48N2O6Si/c1-24-32(40-5)29-28(34(33(24)41-6)43-22-26-17-13-10-14-18-26)27(23-42-21-25-15-11-9-12-16-25)37-30-31(29)38(35(30)39)19-20-44-45(7,8)36(2,3)4/h9-18,27,30-31,37H,19-23H2,1-8H3/t27-,30-,31+/m0/s1. The Balaban J connectivity index is 1.52. The summed E-state index contributed by atoms with van der Waals surface area (Å²) in [5, 5.41) is 3.71. The summed E-state index contributed by atoms with van der Waals surface area (Å²) in [6.07, 6.45) is 0. The Bertz CT molecular complexity index is 1470. The Morgan fingerprint density at radius 2 is 1.44 bits per heavy atom. The highest BCUT2D eigenvalue weighted by Crippen LogP contribution is 2.55. The van der Waals surface area contributed by atoms with Gasteiger partial charge in [0.15, 0.2) is 19.8 Å². The highest BCUT2D eigenvalue weighted by atomic mass is 28.4. The fourth-order valence-corrected chi connectivity index (χ4v) is 7.10. The third kappa shape index (κ3) is 6.63. The lowest BCUT2D eigenvalue weighted by molar-refractivity contribution is -0.154. The van der Waals surface area contributed by atoms with Crippen LogP contribution in [-0.4, -0.2) is 59.1 Å². The van der Waals surface area contributed by atoms with Crippen molar-refractivity contribution in [2.75, 3.05) is 34.0 Å². The summed E-state index contributed by atoms with van der Waals surface area (Å²) < 4.78 is 31.5. The molecule has 8 nitrogen and oxygen atoms in total. The minimum absolute atomic E-state index is 0.0554. The lowest BCUT2D eigenvalue weighted by Gasteiger charge is -2.53. The van der Waals surface area contributed by atoms with Crippen LogP contribution in [0.5, 0.6) is 17.2 Å². The van der Waals surface area contributed by atoms with E-state index in [4.69, 9.17) is 23.4 Å². The molecule has 2 aliphatic rings. The molecule has 0 aromatic heterocycles. The zero-order valence-corrected chi connectivity index (χ0v) is 28.9.